The van der Waals surface area contributed by atoms with E-state index >= 15 is 0 Å². The molecule has 2 heterocycles. The minimum Gasteiger partial charge on any atom is -0.324 e. The van der Waals surface area contributed by atoms with E-state index < -0.39 is 15.3 Å². The third kappa shape index (κ3) is 4.16. The number of carbonyl (C=O) groups excluding carboxylic acids is 1. The summed E-state index contributed by atoms with van der Waals surface area (Å²) < 4.78 is 27.8. The number of nitrogens with one attached hydrogen (secondary N) is 1. The molecule has 2 aromatic rings. The summed E-state index contributed by atoms with van der Waals surface area (Å²) in [6, 6.07) is 17.2. The SMILES string of the molecule is Cc1ccccc1NC(=O)N1CC[C@@H]2CN(Cc3ccccc3)S(=O)(=O)[C@@H]2CC1. The van der Waals surface area contributed by atoms with Gasteiger partial charge < -0.3 is 10.2 Å². The standard InChI is InChI=1S/C22H27N3O3S/c1-17-7-5-6-10-20(17)23-22(26)24-13-11-19-16-25(15-18-8-3-2-4-9-18)29(27,28)21(19)12-14-24/h2-10,19,21H,11-16H2,1H3,(H,23,26)/t19-,21-/m1/s1. The molecule has 7 heteroatoms. The van der Waals surface area contributed by atoms with Gasteiger partial charge in [-0.1, -0.05) is 48.5 Å². The summed E-state index contributed by atoms with van der Waals surface area (Å²) in [6.07, 6.45) is 1.19. The van der Waals surface area contributed by atoms with E-state index in [2.05, 4.69) is 5.32 Å². The molecule has 0 bridgehead atoms. The van der Waals surface area contributed by atoms with Crippen LogP contribution in [0.15, 0.2) is 54.6 Å². The predicted octanol–water partition coefficient (Wildman–Crippen LogP) is 3.45. The first-order valence-corrected chi connectivity index (χ1v) is 11.6. The summed E-state index contributed by atoms with van der Waals surface area (Å²) in [4.78, 5) is 14.5. The molecule has 0 aliphatic carbocycles. The lowest BCUT2D eigenvalue weighted by molar-refractivity contribution is 0.212. The van der Waals surface area contributed by atoms with Crippen LogP contribution in [-0.4, -0.2) is 48.5 Å². The van der Waals surface area contributed by atoms with Gasteiger partial charge >= 0.3 is 6.03 Å². The average Bonchev–Trinajstić information content (AvgIpc) is 2.85. The maximum atomic E-state index is 13.1. The van der Waals surface area contributed by atoms with Gasteiger partial charge in [0.15, 0.2) is 0 Å². The molecule has 2 aliphatic rings. The van der Waals surface area contributed by atoms with Crippen molar-refractivity contribution in [3.05, 3.63) is 65.7 Å². The molecule has 2 atom stereocenters. The van der Waals surface area contributed by atoms with Gasteiger partial charge in [0, 0.05) is 31.9 Å². The van der Waals surface area contributed by atoms with Crippen LogP contribution in [-0.2, 0) is 16.6 Å². The number of urea groups is 1. The molecule has 1 N–H and O–H groups in total. The second-order valence-electron chi connectivity index (χ2n) is 7.93. The van der Waals surface area contributed by atoms with E-state index in [1.54, 1.807) is 9.21 Å². The predicted molar refractivity (Wildman–Crippen MR) is 114 cm³/mol. The summed E-state index contributed by atoms with van der Waals surface area (Å²) >= 11 is 0. The lowest BCUT2D eigenvalue weighted by Gasteiger charge is -2.23. The third-order valence-corrected chi connectivity index (χ3v) is 8.42. The van der Waals surface area contributed by atoms with E-state index in [9.17, 15) is 13.2 Å². The first-order valence-electron chi connectivity index (χ1n) is 10.1. The van der Waals surface area contributed by atoms with Gasteiger partial charge in [0.05, 0.1) is 5.25 Å². The topological polar surface area (TPSA) is 69.7 Å². The van der Waals surface area contributed by atoms with Gasteiger partial charge in [0.2, 0.25) is 10.0 Å². The lowest BCUT2D eigenvalue weighted by Crippen LogP contribution is -2.37. The van der Waals surface area contributed by atoms with Gasteiger partial charge in [-0.15, -0.1) is 0 Å². The Morgan fingerprint density at radius 2 is 1.72 bits per heavy atom. The van der Waals surface area contributed by atoms with Crippen molar-refractivity contribution in [3.63, 3.8) is 0 Å². The Morgan fingerprint density at radius 3 is 2.48 bits per heavy atom. The normalized spacial score (nSPS) is 24.0. The van der Waals surface area contributed by atoms with Crippen molar-refractivity contribution in [1.29, 1.82) is 0 Å². The fourth-order valence-corrected chi connectivity index (χ4v) is 6.57. The average molecular weight is 414 g/mol. The zero-order valence-electron chi connectivity index (χ0n) is 16.6. The number of para-hydroxylation sites is 1. The van der Waals surface area contributed by atoms with Gasteiger partial charge in [-0.3, -0.25) is 0 Å². The zero-order valence-corrected chi connectivity index (χ0v) is 17.4. The molecule has 2 aliphatic heterocycles. The molecule has 2 saturated heterocycles. The highest BCUT2D eigenvalue weighted by Gasteiger charge is 2.47. The minimum absolute atomic E-state index is 0.0694. The van der Waals surface area contributed by atoms with E-state index in [-0.39, 0.29) is 11.9 Å². The maximum Gasteiger partial charge on any atom is 0.321 e. The van der Waals surface area contributed by atoms with Crippen molar-refractivity contribution in [2.45, 2.75) is 31.6 Å². The fraction of sp³-hybridized carbons (Fsp3) is 0.409. The second kappa shape index (κ2) is 8.16. The molecular formula is C22H27N3O3S. The van der Waals surface area contributed by atoms with Crippen molar-refractivity contribution in [1.82, 2.24) is 9.21 Å². The highest BCUT2D eigenvalue weighted by molar-refractivity contribution is 7.90. The summed E-state index contributed by atoms with van der Waals surface area (Å²) in [7, 11) is -3.35. The number of amides is 2. The number of carbonyl (C=O) groups is 1. The Kier molecular flexibility index (Phi) is 5.61. The lowest BCUT2D eigenvalue weighted by atomic mass is 10.0. The smallest absolute Gasteiger partial charge is 0.321 e. The first kappa shape index (κ1) is 19.9. The Morgan fingerprint density at radius 1 is 1.03 bits per heavy atom. The molecule has 2 fully saturated rings. The number of hydrogen-bond acceptors (Lipinski definition) is 3. The number of likely N-dealkylation sites (tertiary alicyclic amines) is 1. The minimum atomic E-state index is -3.35. The van der Waals surface area contributed by atoms with Crippen LogP contribution in [0.3, 0.4) is 0 Å². The number of fused-ring (bicyclic) bond motifs is 1. The quantitative estimate of drug-likeness (QED) is 0.838. The van der Waals surface area contributed by atoms with Crippen molar-refractivity contribution in [3.8, 4) is 0 Å². The first-order chi connectivity index (χ1) is 13.9. The number of anilines is 1. The Balaban J connectivity index is 1.41. The molecule has 154 valence electrons. The van der Waals surface area contributed by atoms with E-state index in [0.717, 1.165) is 16.8 Å². The Bertz CT molecular complexity index is 978. The maximum absolute atomic E-state index is 13.1. The second-order valence-corrected chi connectivity index (χ2v) is 10.1. The van der Waals surface area contributed by atoms with Gasteiger partial charge in [-0.25, -0.2) is 13.2 Å². The monoisotopic (exact) mass is 413 g/mol. The molecule has 0 radical (unpaired) electrons. The van der Waals surface area contributed by atoms with Crippen LogP contribution in [0.1, 0.15) is 24.0 Å². The van der Waals surface area contributed by atoms with E-state index in [1.165, 1.54) is 0 Å². The number of benzene rings is 2. The molecule has 29 heavy (non-hydrogen) atoms. The highest BCUT2D eigenvalue weighted by Crippen LogP contribution is 2.35. The molecule has 2 amide bonds. The van der Waals surface area contributed by atoms with E-state index in [1.807, 2.05) is 61.5 Å². The van der Waals surface area contributed by atoms with E-state index in [4.69, 9.17) is 0 Å². The van der Waals surface area contributed by atoms with Gasteiger partial charge in [-0.2, -0.15) is 4.31 Å². The van der Waals surface area contributed by atoms with Crippen LogP contribution in [0.25, 0.3) is 0 Å². The van der Waals surface area contributed by atoms with Crippen LogP contribution in [0.4, 0.5) is 10.5 Å². The summed E-state index contributed by atoms with van der Waals surface area (Å²) in [5.41, 5.74) is 2.81. The molecular weight excluding hydrogens is 386 g/mol. The fourth-order valence-electron chi connectivity index (χ4n) is 4.35. The summed E-state index contributed by atoms with van der Waals surface area (Å²) in [5, 5.41) is 2.56. The van der Waals surface area contributed by atoms with Gasteiger partial charge in [0.25, 0.3) is 0 Å². The van der Waals surface area contributed by atoms with Crippen LogP contribution < -0.4 is 5.32 Å². The van der Waals surface area contributed by atoms with Crippen LogP contribution in [0.5, 0.6) is 0 Å². The molecule has 0 saturated carbocycles. The number of rotatable bonds is 3. The van der Waals surface area contributed by atoms with Crippen molar-refractivity contribution < 1.29 is 13.2 Å². The van der Waals surface area contributed by atoms with Crippen LogP contribution >= 0.6 is 0 Å². The van der Waals surface area contributed by atoms with Crippen LogP contribution in [0, 0.1) is 12.8 Å². The van der Waals surface area contributed by atoms with Gasteiger partial charge in [0.1, 0.15) is 0 Å². The van der Waals surface area contributed by atoms with Gasteiger partial charge in [-0.05, 0) is 42.9 Å². The molecule has 2 aromatic carbocycles. The Labute approximate surface area is 172 Å². The molecule has 4 rings (SSSR count). The molecule has 6 nitrogen and oxygen atoms in total. The zero-order chi connectivity index (χ0) is 20.4. The van der Waals surface area contributed by atoms with Crippen molar-refractivity contribution in [2.24, 2.45) is 5.92 Å². The molecule has 0 aromatic heterocycles. The largest absolute Gasteiger partial charge is 0.324 e. The highest BCUT2D eigenvalue weighted by atomic mass is 32.2. The Hall–Kier alpha value is -2.38. The van der Waals surface area contributed by atoms with Crippen molar-refractivity contribution in [2.75, 3.05) is 25.0 Å². The van der Waals surface area contributed by atoms with E-state index in [0.29, 0.717) is 39.0 Å². The van der Waals surface area contributed by atoms with Crippen molar-refractivity contribution >= 4 is 21.7 Å². The molecule has 0 spiro atoms. The number of nitrogens with zero attached hydrogens (tertiary/aromatic N) is 2. The molecule has 0 unspecified atom stereocenters. The summed E-state index contributed by atoms with van der Waals surface area (Å²) in [6.45, 7) is 3.95. The number of sulfonamides is 1. The number of aryl methyl sites for hydroxylation is 1. The van der Waals surface area contributed by atoms with Crippen LogP contribution in [0.2, 0.25) is 0 Å². The number of hydrogen-bond donors (Lipinski definition) is 1. The summed E-state index contributed by atoms with van der Waals surface area (Å²) in [5.74, 6) is 0.0694. The third-order valence-electron chi connectivity index (χ3n) is 6.04.